The van der Waals surface area contributed by atoms with Crippen molar-refractivity contribution in [3.05, 3.63) is 35.9 Å². The predicted molar refractivity (Wildman–Crippen MR) is 85.7 cm³/mol. The highest BCUT2D eigenvalue weighted by Gasteiger charge is 2.31. The highest BCUT2D eigenvalue weighted by atomic mass is 16.2. The van der Waals surface area contributed by atoms with Gasteiger partial charge in [0.25, 0.3) is 0 Å². The molecule has 1 aromatic carbocycles. The third-order valence-corrected chi connectivity index (χ3v) is 5.03. The predicted octanol–water partition coefficient (Wildman–Crippen LogP) is 2.11. The molecule has 2 aliphatic heterocycles. The first kappa shape index (κ1) is 15.2. The average molecular weight is 300 g/mol. The lowest BCUT2D eigenvalue weighted by Crippen LogP contribution is -2.32. The summed E-state index contributed by atoms with van der Waals surface area (Å²) in [4.78, 5) is 26.4. The fourth-order valence-corrected chi connectivity index (χ4v) is 3.61. The van der Waals surface area contributed by atoms with Crippen molar-refractivity contribution in [3.8, 4) is 0 Å². The lowest BCUT2D eigenvalue weighted by atomic mass is 9.92. The van der Waals surface area contributed by atoms with Crippen LogP contribution in [-0.4, -0.2) is 42.8 Å². The molecule has 3 rings (SSSR count). The number of fused-ring (bicyclic) bond motifs is 1. The van der Waals surface area contributed by atoms with Crippen LogP contribution in [-0.2, 0) is 4.79 Å². The number of Topliss-reactive ketones (excluding diaryl/α,β-unsaturated/α-hetero) is 1. The summed E-state index contributed by atoms with van der Waals surface area (Å²) in [5, 5.41) is 3.45. The van der Waals surface area contributed by atoms with E-state index in [2.05, 4.69) is 5.32 Å². The smallest absolute Gasteiger partial charge is 0.223 e. The van der Waals surface area contributed by atoms with Gasteiger partial charge in [-0.3, -0.25) is 9.59 Å². The van der Waals surface area contributed by atoms with Crippen molar-refractivity contribution >= 4 is 11.7 Å². The molecular formula is C18H24N2O2. The molecule has 2 saturated heterocycles. The zero-order valence-electron chi connectivity index (χ0n) is 13.0. The van der Waals surface area contributed by atoms with E-state index >= 15 is 0 Å². The quantitative estimate of drug-likeness (QED) is 0.866. The van der Waals surface area contributed by atoms with Crippen molar-refractivity contribution < 1.29 is 9.59 Å². The minimum absolute atomic E-state index is 0.0600. The number of hydrogen-bond donors (Lipinski definition) is 1. The van der Waals surface area contributed by atoms with Crippen LogP contribution in [0, 0.1) is 11.8 Å². The van der Waals surface area contributed by atoms with E-state index in [0.29, 0.717) is 18.4 Å². The third kappa shape index (κ3) is 3.55. The maximum atomic E-state index is 12.4. The highest BCUT2D eigenvalue weighted by Crippen LogP contribution is 2.27. The van der Waals surface area contributed by atoms with Gasteiger partial charge in [-0.2, -0.15) is 0 Å². The zero-order valence-corrected chi connectivity index (χ0v) is 13.0. The van der Waals surface area contributed by atoms with Crippen LogP contribution in [0.4, 0.5) is 0 Å². The lowest BCUT2D eigenvalue weighted by Gasteiger charge is -2.20. The first-order chi connectivity index (χ1) is 10.7. The van der Waals surface area contributed by atoms with E-state index in [0.717, 1.165) is 50.9 Å². The second-order valence-electron chi connectivity index (χ2n) is 6.43. The van der Waals surface area contributed by atoms with Gasteiger partial charge in [0.2, 0.25) is 5.91 Å². The Morgan fingerprint density at radius 1 is 1.00 bits per heavy atom. The van der Waals surface area contributed by atoms with Gasteiger partial charge >= 0.3 is 0 Å². The van der Waals surface area contributed by atoms with E-state index in [1.54, 1.807) is 0 Å². The zero-order chi connectivity index (χ0) is 15.4. The molecule has 0 radical (unpaired) electrons. The molecule has 1 N–H and O–H groups in total. The first-order valence-corrected chi connectivity index (χ1v) is 8.31. The van der Waals surface area contributed by atoms with E-state index in [9.17, 15) is 9.59 Å². The van der Waals surface area contributed by atoms with Crippen LogP contribution in [0.15, 0.2) is 30.3 Å². The maximum Gasteiger partial charge on any atom is 0.223 e. The number of nitrogens with one attached hydrogen (secondary N) is 1. The Morgan fingerprint density at radius 3 is 2.27 bits per heavy atom. The summed E-state index contributed by atoms with van der Waals surface area (Å²) in [5.41, 5.74) is 0.701. The molecule has 118 valence electrons. The van der Waals surface area contributed by atoms with Gasteiger partial charge in [-0.15, -0.1) is 0 Å². The molecule has 0 spiro atoms. The van der Waals surface area contributed by atoms with Crippen LogP contribution in [0.5, 0.6) is 0 Å². The number of rotatable bonds is 4. The Kier molecular flexibility index (Phi) is 4.88. The normalized spacial score (nSPS) is 24.6. The van der Waals surface area contributed by atoms with Crippen LogP contribution >= 0.6 is 0 Å². The van der Waals surface area contributed by atoms with Gasteiger partial charge in [-0.1, -0.05) is 30.3 Å². The summed E-state index contributed by atoms with van der Waals surface area (Å²) in [6.07, 6.45) is 2.83. The summed E-state index contributed by atoms with van der Waals surface area (Å²) in [7, 11) is 0. The highest BCUT2D eigenvalue weighted by molar-refractivity contribution is 5.97. The van der Waals surface area contributed by atoms with Gasteiger partial charge in [-0.05, 0) is 37.8 Å². The molecule has 2 heterocycles. The van der Waals surface area contributed by atoms with E-state index in [1.165, 1.54) is 0 Å². The maximum absolute atomic E-state index is 12.4. The average Bonchev–Trinajstić information content (AvgIpc) is 2.91. The molecule has 4 heteroatoms. The van der Waals surface area contributed by atoms with E-state index in [1.807, 2.05) is 35.2 Å². The summed E-state index contributed by atoms with van der Waals surface area (Å²) < 4.78 is 0. The van der Waals surface area contributed by atoms with Gasteiger partial charge < -0.3 is 10.2 Å². The van der Waals surface area contributed by atoms with Gasteiger partial charge in [0.1, 0.15) is 0 Å². The minimum Gasteiger partial charge on any atom is -0.343 e. The number of nitrogens with zero attached hydrogens (tertiary/aromatic N) is 1. The Morgan fingerprint density at radius 2 is 1.64 bits per heavy atom. The number of likely N-dealkylation sites (tertiary alicyclic amines) is 1. The molecule has 0 saturated carbocycles. The van der Waals surface area contributed by atoms with Gasteiger partial charge in [0.15, 0.2) is 5.78 Å². The van der Waals surface area contributed by atoms with Crippen molar-refractivity contribution in [1.82, 2.24) is 10.2 Å². The molecular weight excluding hydrogens is 276 g/mol. The molecule has 22 heavy (non-hydrogen) atoms. The lowest BCUT2D eigenvalue weighted by molar-refractivity contribution is -0.131. The monoisotopic (exact) mass is 300 g/mol. The molecule has 2 aliphatic rings. The van der Waals surface area contributed by atoms with Gasteiger partial charge in [0.05, 0.1) is 0 Å². The van der Waals surface area contributed by atoms with Crippen LogP contribution in [0.3, 0.4) is 0 Å². The molecule has 1 aromatic rings. The number of carbonyl (C=O) groups excluding carboxylic acids is 2. The Balaban J connectivity index is 1.49. The van der Waals surface area contributed by atoms with E-state index in [-0.39, 0.29) is 11.7 Å². The molecule has 4 nitrogen and oxygen atoms in total. The molecule has 0 bridgehead atoms. The van der Waals surface area contributed by atoms with Crippen LogP contribution < -0.4 is 5.32 Å². The standard InChI is InChI=1S/C18H24N2O2/c21-17(14-4-2-1-3-5-14)6-7-18(22)20-10-8-15-12-19-13-16(15)9-11-20/h1-5,15-16,19H,6-13H2/t15-,16+. The van der Waals surface area contributed by atoms with E-state index < -0.39 is 0 Å². The van der Waals surface area contributed by atoms with Crippen LogP contribution in [0.2, 0.25) is 0 Å². The van der Waals surface area contributed by atoms with Gasteiger partial charge in [-0.25, -0.2) is 0 Å². The summed E-state index contributed by atoms with van der Waals surface area (Å²) >= 11 is 0. The fourth-order valence-electron chi connectivity index (χ4n) is 3.61. The van der Waals surface area contributed by atoms with Crippen LogP contribution in [0.1, 0.15) is 36.0 Å². The third-order valence-electron chi connectivity index (χ3n) is 5.03. The molecule has 2 atom stereocenters. The molecule has 0 aromatic heterocycles. The summed E-state index contributed by atoms with van der Waals surface area (Å²) in [6.45, 7) is 3.89. The van der Waals surface area contributed by atoms with Crippen LogP contribution in [0.25, 0.3) is 0 Å². The van der Waals surface area contributed by atoms with Crippen molar-refractivity contribution in [1.29, 1.82) is 0 Å². The summed E-state index contributed by atoms with van der Waals surface area (Å²) in [6, 6.07) is 9.23. The van der Waals surface area contributed by atoms with Crippen molar-refractivity contribution in [2.45, 2.75) is 25.7 Å². The number of carbonyl (C=O) groups is 2. The Labute approximate surface area is 131 Å². The SMILES string of the molecule is O=C(CCC(=O)N1CC[C@@H]2CNC[C@@H]2CC1)c1ccccc1. The molecule has 0 aliphatic carbocycles. The number of benzene rings is 1. The number of ketones is 1. The largest absolute Gasteiger partial charge is 0.343 e. The van der Waals surface area contributed by atoms with Crippen molar-refractivity contribution in [2.24, 2.45) is 11.8 Å². The number of amides is 1. The van der Waals surface area contributed by atoms with Crippen molar-refractivity contribution in [3.63, 3.8) is 0 Å². The minimum atomic E-state index is 0.0600. The first-order valence-electron chi connectivity index (χ1n) is 8.31. The second kappa shape index (κ2) is 7.05. The van der Waals surface area contributed by atoms with Gasteiger partial charge in [0, 0.05) is 31.5 Å². The fraction of sp³-hybridized carbons (Fsp3) is 0.556. The topological polar surface area (TPSA) is 49.4 Å². The Hall–Kier alpha value is -1.68. The second-order valence-corrected chi connectivity index (χ2v) is 6.43. The molecule has 1 amide bonds. The molecule has 2 fully saturated rings. The Bertz CT molecular complexity index is 515. The van der Waals surface area contributed by atoms with Crippen molar-refractivity contribution in [2.75, 3.05) is 26.2 Å². The summed E-state index contributed by atoms with van der Waals surface area (Å²) in [5.74, 6) is 1.65. The van der Waals surface area contributed by atoms with E-state index in [4.69, 9.17) is 0 Å². The number of hydrogen-bond acceptors (Lipinski definition) is 3. The molecule has 0 unspecified atom stereocenters.